The third kappa shape index (κ3) is 5.30. The zero-order valence-corrected chi connectivity index (χ0v) is 24.1. The lowest BCUT2D eigenvalue weighted by atomic mass is 9.45. The third-order valence-electron chi connectivity index (χ3n) is 10.5. The van der Waals surface area contributed by atoms with Gasteiger partial charge in [0.2, 0.25) is 5.78 Å². The fourth-order valence-corrected chi connectivity index (χ4v) is 8.58. The second-order valence-electron chi connectivity index (χ2n) is 12.7. The number of aliphatic hydroxyl groups is 1. The predicted octanol–water partition coefficient (Wildman–Crippen LogP) is 5.48. The van der Waals surface area contributed by atoms with Crippen molar-refractivity contribution in [3.05, 3.63) is 11.6 Å². The summed E-state index contributed by atoms with van der Waals surface area (Å²) in [6.07, 6.45) is 7.66. The second kappa shape index (κ2) is 11.7. The SMILES string of the molecule is CCCCCOC(=O)O[C@]1(C(=O)COC(=O)CCC)CC[C@H]2[C@@H]3CCC4=CC(=O)CC[C@]4(C)[C@H]3[C@@H](O)C[C@@]21C. The van der Waals surface area contributed by atoms with Gasteiger partial charge in [0.25, 0.3) is 0 Å². The van der Waals surface area contributed by atoms with E-state index in [0.29, 0.717) is 32.1 Å². The summed E-state index contributed by atoms with van der Waals surface area (Å²) in [5, 5.41) is 11.7. The van der Waals surface area contributed by atoms with E-state index in [2.05, 4.69) is 13.8 Å². The van der Waals surface area contributed by atoms with Crippen LogP contribution in [0.25, 0.3) is 0 Å². The molecule has 0 radical (unpaired) electrons. The first-order valence-corrected chi connectivity index (χ1v) is 15.0. The first kappa shape index (κ1) is 29.8. The Morgan fingerprint density at radius 2 is 1.79 bits per heavy atom. The van der Waals surface area contributed by atoms with Gasteiger partial charge in [0.15, 0.2) is 18.0 Å². The first-order chi connectivity index (χ1) is 18.5. The van der Waals surface area contributed by atoms with Crippen molar-refractivity contribution in [1.29, 1.82) is 0 Å². The number of carbonyl (C=O) groups is 4. The van der Waals surface area contributed by atoms with Gasteiger partial charge in [0.1, 0.15) is 0 Å². The summed E-state index contributed by atoms with van der Waals surface area (Å²) in [5.41, 5.74) is -1.51. The molecule has 8 heteroatoms. The second-order valence-corrected chi connectivity index (χ2v) is 12.7. The molecule has 0 amide bonds. The van der Waals surface area contributed by atoms with Crippen LogP contribution in [-0.4, -0.2) is 53.7 Å². The molecule has 0 aromatic rings. The summed E-state index contributed by atoms with van der Waals surface area (Å²) in [6.45, 7) is 7.79. The minimum atomic E-state index is -1.54. The van der Waals surface area contributed by atoms with Gasteiger partial charge >= 0.3 is 12.1 Å². The maximum absolute atomic E-state index is 13.9. The van der Waals surface area contributed by atoms with Gasteiger partial charge in [0.05, 0.1) is 12.7 Å². The minimum Gasteiger partial charge on any atom is -0.457 e. The number of carbonyl (C=O) groups excluding carboxylic acids is 4. The van der Waals surface area contributed by atoms with Gasteiger partial charge in [-0.15, -0.1) is 0 Å². The monoisotopic (exact) mass is 546 g/mol. The largest absolute Gasteiger partial charge is 0.509 e. The van der Waals surface area contributed by atoms with Crippen molar-refractivity contribution in [2.75, 3.05) is 13.2 Å². The standard InChI is InChI=1S/C31H46O8/c1-5-7-8-16-37-28(36)39-31(25(34)19-38-26(35)9-6-2)15-13-23-22-11-10-20-17-21(32)12-14-29(20,3)27(22)24(33)18-30(23,31)4/h17,22-24,27,33H,5-16,18-19H2,1-4H3/t22-,23-,24-,27+,29-,30-,31-/m0/s1. The molecule has 3 saturated carbocycles. The number of Topliss-reactive ketones (excluding diaryl/α,β-unsaturated/α-hetero) is 1. The quantitative estimate of drug-likeness (QED) is 0.283. The number of rotatable bonds is 10. The Hall–Kier alpha value is -2.22. The molecular formula is C31H46O8. The number of aliphatic hydroxyl groups excluding tert-OH is 1. The minimum absolute atomic E-state index is 0.0297. The van der Waals surface area contributed by atoms with Crippen molar-refractivity contribution in [3.63, 3.8) is 0 Å². The van der Waals surface area contributed by atoms with Crippen molar-refractivity contribution < 1.29 is 38.5 Å². The van der Waals surface area contributed by atoms with Gasteiger partial charge in [-0.3, -0.25) is 14.4 Å². The van der Waals surface area contributed by atoms with E-state index >= 15 is 0 Å². The highest BCUT2D eigenvalue weighted by atomic mass is 16.7. The van der Waals surface area contributed by atoms with Gasteiger partial charge in [-0.05, 0) is 80.6 Å². The number of allylic oxidation sites excluding steroid dienone is 1. The van der Waals surface area contributed by atoms with E-state index < -0.39 is 41.6 Å². The van der Waals surface area contributed by atoms with Gasteiger partial charge in [-0.25, -0.2) is 4.79 Å². The van der Waals surface area contributed by atoms with E-state index in [0.717, 1.165) is 37.7 Å². The van der Waals surface area contributed by atoms with E-state index in [-0.39, 0.29) is 48.4 Å². The van der Waals surface area contributed by atoms with E-state index in [1.807, 2.05) is 13.8 Å². The topological polar surface area (TPSA) is 116 Å². The highest BCUT2D eigenvalue weighted by Gasteiger charge is 2.70. The average Bonchev–Trinajstić information content (AvgIpc) is 3.17. The van der Waals surface area contributed by atoms with Crippen molar-refractivity contribution in [3.8, 4) is 0 Å². The summed E-state index contributed by atoms with van der Waals surface area (Å²) < 4.78 is 16.7. The lowest BCUT2D eigenvalue weighted by Gasteiger charge is -2.60. The molecule has 0 aliphatic heterocycles. The van der Waals surface area contributed by atoms with Crippen molar-refractivity contribution in [2.45, 2.75) is 116 Å². The van der Waals surface area contributed by atoms with E-state index in [1.165, 1.54) is 0 Å². The number of esters is 1. The molecule has 218 valence electrons. The summed E-state index contributed by atoms with van der Waals surface area (Å²) >= 11 is 0. The molecule has 7 atom stereocenters. The molecule has 0 spiro atoms. The zero-order valence-electron chi connectivity index (χ0n) is 24.1. The molecule has 0 aromatic heterocycles. The Balaban J connectivity index is 1.63. The van der Waals surface area contributed by atoms with Crippen molar-refractivity contribution in [1.82, 2.24) is 0 Å². The third-order valence-corrected chi connectivity index (χ3v) is 10.5. The maximum atomic E-state index is 13.9. The predicted molar refractivity (Wildman–Crippen MR) is 144 cm³/mol. The van der Waals surface area contributed by atoms with Crippen LogP contribution in [-0.2, 0) is 28.6 Å². The fourth-order valence-electron chi connectivity index (χ4n) is 8.58. The Kier molecular flexibility index (Phi) is 8.94. The van der Waals surface area contributed by atoms with Crippen LogP contribution in [0.3, 0.4) is 0 Å². The van der Waals surface area contributed by atoms with Gasteiger partial charge in [0, 0.05) is 18.3 Å². The maximum Gasteiger partial charge on any atom is 0.509 e. The number of fused-ring (bicyclic) bond motifs is 5. The van der Waals surface area contributed by atoms with E-state index in [4.69, 9.17) is 14.2 Å². The first-order valence-electron chi connectivity index (χ1n) is 15.0. The summed E-state index contributed by atoms with van der Waals surface area (Å²) in [4.78, 5) is 51.2. The molecular weight excluding hydrogens is 500 g/mol. The zero-order chi connectivity index (χ0) is 28.4. The molecule has 4 aliphatic rings. The molecule has 4 aliphatic carbocycles. The van der Waals surface area contributed by atoms with Crippen molar-refractivity contribution >= 4 is 23.7 Å². The van der Waals surface area contributed by atoms with Crippen LogP contribution in [0.15, 0.2) is 11.6 Å². The highest BCUT2D eigenvalue weighted by molar-refractivity contribution is 5.93. The molecule has 0 saturated heterocycles. The summed E-state index contributed by atoms with van der Waals surface area (Å²) in [7, 11) is 0. The van der Waals surface area contributed by atoms with Crippen LogP contribution in [0.2, 0.25) is 0 Å². The van der Waals surface area contributed by atoms with Gasteiger partial charge in [-0.1, -0.05) is 46.1 Å². The van der Waals surface area contributed by atoms with Crippen LogP contribution in [0.5, 0.6) is 0 Å². The Morgan fingerprint density at radius 3 is 2.51 bits per heavy atom. The Labute approximate surface area is 232 Å². The normalized spacial score (nSPS) is 37.2. The molecule has 0 heterocycles. The number of unbranched alkanes of at least 4 members (excludes halogenated alkanes) is 2. The van der Waals surface area contributed by atoms with E-state index in [1.54, 1.807) is 6.08 Å². The van der Waals surface area contributed by atoms with Crippen LogP contribution in [0, 0.1) is 28.6 Å². The molecule has 3 fully saturated rings. The molecule has 0 unspecified atom stereocenters. The average molecular weight is 547 g/mol. The van der Waals surface area contributed by atoms with Crippen LogP contribution < -0.4 is 0 Å². The lowest BCUT2D eigenvalue weighted by Crippen LogP contribution is -2.63. The summed E-state index contributed by atoms with van der Waals surface area (Å²) in [5.74, 6) is -0.624. The van der Waals surface area contributed by atoms with E-state index in [9.17, 15) is 24.3 Å². The molecule has 4 rings (SSSR count). The van der Waals surface area contributed by atoms with Crippen molar-refractivity contribution in [2.24, 2.45) is 28.6 Å². The number of hydrogen-bond acceptors (Lipinski definition) is 8. The lowest BCUT2D eigenvalue weighted by molar-refractivity contribution is -0.189. The molecule has 1 N–H and O–H groups in total. The number of ether oxygens (including phenoxy) is 3. The highest BCUT2D eigenvalue weighted by Crippen LogP contribution is 2.68. The summed E-state index contributed by atoms with van der Waals surface area (Å²) in [6, 6.07) is 0. The van der Waals surface area contributed by atoms with Crippen LogP contribution in [0.1, 0.15) is 105 Å². The molecule has 0 aromatic carbocycles. The molecule has 39 heavy (non-hydrogen) atoms. The fraction of sp³-hybridized carbons (Fsp3) is 0.806. The van der Waals surface area contributed by atoms with Crippen LogP contribution in [0.4, 0.5) is 4.79 Å². The van der Waals surface area contributed by atoms with Crippen LogP contribution >= 0.6 is 0 Å². The Morgan fingerprint density at radius 1 is 1.03 bits per heavy atom. The smallest absolute Gasteiger partial charge is 0.457 e. The molecule has 0 bridgehead atoms. The van der Waals surface area contributed by atoms with Gasteiger partial charge < -0.3 is 19.3 Å². The van der Waals surface area contributed by atoms with Gasteiger partial charge in [-0.2, -0.15) is 0 Å². The number of ketones is 2. The Bertz CT molecular complexity index is 1000. The number of hydrogen-bond donors (Lipinski definition) is 1. The molecule has 8 nitrogen and oxygen atoms in total.